The second-order valence-corrected chi connectivity index (χ2v) is 10.7. The van der Waals surface area contributed by atoms with E-state index in [1.165, 1.54) is 19.2 Å². The van der Waals surface area contributed by atoms with Gasteiger partial charge in [0.15, 0.2) is 15.6 Å². The summed E-state index contributed by atoms with van der Waals surface area (Å²) in [4.78, 5) is 13.8. The molecule has 0 amide bonds. The van der Waals surface area contributed by atoms with Crippen molar-refractivity contribution in [3.8, 4) is 5.75 Å². The van der Waals surface area contributed by atoms with E-state index in [9.17, 15) is 18.3 Å². The summed E-state index contributed by atoms with van der Waals surface area (Å²) < 4.78 is 43.0. The predicted molar refractivity (Wildman–Crippen MR) is 132 cm³/mol. The normalized spacial score (nSPS) is 18.1. The Hall–Kier alpha value is -2.68. The van der Waals surface area contributed by atoms with Gasteiger partial charge >= 0.3 is 5.97 Å². The Morgan fingerprint density at radius 1 is 1.12 bits per heavy atom. The van der Waals surface area contributed by atoms with Crippen molar-refractivity contribution in [2.45, 2.75) is 63.4 Å². The smallest absolute Gasteiger partial charge is 0.335 e. The Labute approximate surface area is 203 Å². The molecule has 0 spiro atoms. The molecule has 1 aliphatic carbocycles. The van der Waals surface area contributed by atoms with Gasteiger partial charge in [-0.3, -0.25) is 0 Å². The first kappa shape index (κ1) is 27.6. The van der Waals surface area contributed by atoms with Gasteiger partial charge in [-0.15, -0.1) is 0 Å². The summed E-state index contributed by atoms with van der Waals surface area (Å²) in [6, 6.07) is 2.69. The van der Waals surface area contributed by atoms with Gasteiger partial charge in [-0.25, -0.2) is 13.2 Å². The number of unbranched alkanes of at least 4 members (excludes halogenated alkanes) is 2. The van der Waals surface area contributed by atoms with Crippen molar-refractivity contribution < 1.29 is 32.5 Å². The maximum atomic E-state index is 12.9. The van der Waals surface area contributed by atoms with Gasteiger partial charge in [0.05, 0.1) is 25.5 Å². The number of carbonyl (C=O) groups is 1. The lowest BCUT2D eigenvalue weighted by Crippen LogP contribution is -2.35. The fraction of sp³-hybridized carbons (Fsp3) is 0.560. The quantitative estimate of drug-likeness (QED) is 0.416. The Morgan fingerprint density at radius 3 is 2.21 bits per heavy atom. The number of carboxylic acid groups (broad SMARTS) is 1. The number of carboxylic acids is 1. The van der Waals surface area contributed by atoms with Crippen LogP contribution in [0.2, 0.25) is 0 Å². The van der Waals surface area contributed by atoms with Crippen LogP contribution in [0.1, 0.15) is 63.2 Å². The van der Waals surface area contributed by atoms with Gasteiger partial charge < -0.3 is 24.2 Å². The van der Waals surface area contributed by atoms with Gasteiger partial charge in [-0.2, -0.15) is 0 Å². The van der Waals surface area contributed by atoms with Crippen LogP contribution in [0.5, 0.6) is 5.75 Å². The number of anilines is 1. The fourth-order valence-electron chi connectivity index (χ4n) is 3.87. The number of rotatable bonds is 13. The number of aromatic carboxylic acids is 1. The van der Waals surface area contributed by atoms with E-state index in [0.29, 0.717) is 36.7 Å². The number of benzene rings is 1. The lowest BCUT2D eigenvalue weighted by Gasteiger charge is -2.35. The summed E-state index contributed by atoms with van der Waals surface area (Å²) in [7, 11) is -0.727. The van der Waals surface area contributed by atoms with Crippen LogP contribution < -0.4 is 9.64 Å². The van der Waals surface area contributed by atoms with Crippen LogP contribution in [0.25, 0.3) is 0 Å². The van der Waals surface area contributed by atoms with Crippen LogP contribution in [0.15, 0.2) is 40.7 Å². The van der Waals surface area contributed by atoms with Crippen molar-refractivity contribution in [1.29, 1.82) is 0 Å². The Balaban J connectivity index is 2.76. The molecular formula is C25H37NO7S. The molecular weight excluding hydrogens is 458 g/mol. The third-order valence-electron chi connectivity index (χ3n) is 5.69. The molecule has 0 aliphatic heterocycles. The highest BCUT2D eigenvalue weighted by Gasteiger charge is 2.35. The van der Waals surface area contributed by atoms with Crippen molar-refractivity contribution in [2.75, 3.05) is 38.5 Å². The molecule has 0 saturated heterocycles. The van der Waals surface area contributed by atoms with Crippen LogP contribution in [-0.2, 0) is 19.3 Å². The Morgan fingerprint density at radius 2 is 1.74 bits per heavy atom. The zero-order chi connectivity index (χ0) is 25.5. The van der Waals surface area contributed by atoms with Gasteiger partial charge in [-0.1, -0.05) is 26.7 Å². The number of ether oxygens (including phenoxy) is 3. The lowest BCUT2D eigenvalue weighted by atomic mass is 9.94. The maximum Gasteiger partial charge on any atom is 0.335 e. The zero-order valence-electron chi connectivity index (χ0n) is 21.0. The van der Waals surface area contributed by atoms with E-state index in [1.54, 1.807) is 19.3 Å². The maximum absolute atomic E-state index is 12.9. The van der Waals surface area contributed by atoms with E-state index in [4.69, 9.17) is 14.2 Å². The van der Waals surface area contributed by atoms with Crippen LogP contribution in [-0.4, -0.2) is 58.7 Å². The summed E-state index contributed by atoms with van der Waals surface area (Å²) in [6.45, 7) is 7.27. The summed E-state index contributed by atoms with van der Waals surface area (Å²) in [5, 5.41) is 9.73. The third kappa shape index (κ3) is 6.91. The van der Waals surface area contributed by atoms with Crippen molar-refractivity contribution in [3.05, 3.63) is 41.4 Å². The topological polar surface area (TPSA) is 102 Å². The lowest BCUT2D eigenvalue weighted by molar-refractivity contribution is 0.0696. The molecule has 9 heteroatoms. The molecule has 8 nitrogen and oxygen atoms in total. The number of sulfone groups is 1. The van der Waals surface area contributed by atoms with Crippen LogP contribution in [0.3, 0.4) is 0 Å². The number of allylic oxidation sites excluding steroid dienone is 1. The number of hydrogen-bond donors (Lipinski definition) is 1. The average molecular weight is 496 g/mol. The molecule has 2 rings (SSSR count). The minimum Gasteiger partial charge on any atom is -0.501 e. The Bertz CT molecular complexity index is 1040. The molecule has 1 aromatic rings. The number of hydrogen-bond acceptors (Lipinski definition) is 7. The molecule has 1 aromatic carbocycles. The van der Waals surface area contributed by atoms with Gasteiger partial charge in [0.2, 0.25) is 0 Å². The standard InChI is InChI=1S/C25H37NO7S/c1-7-9-11-26(12-10-8-2)21-13-18(24(27)28)14-22(34(6,29)30)23(21)33-25(3)16-19(31-4)15-20(17-25)32-5/h13-16H,7-12,17H2,1-6H3,(H,27,28). The van der Waals surface area contributed by atoms with Gasteiger partial charge in [0, 0.05) is 37.9 Å². The molecule has 34 heavy (non-hydrogen) atoms. The molecule has 1 aliphatic rings. The van der Waals surface area contributed by atoms with Gasteiger partial charge in [-0.05, 0) is 31.9 Å². The molecule has 0 heterocycles. The molecule has 0 saturated carbocycles. The predicted octanol–water partition coefficient (Wildman–Crippen LogP) is 4.80. The van der Waals surface area contributed by atoms with Crippen LogP contribution >= 0.6 is 0 Å². The van der Waals surface area contributed by atoms with E-state index in [0.717, 1.165) is 31.9 Å². The monoisotopic (exact) mass is 495 g/mol. The van der Waals surface area contributed by atoms with Gasteiger partial charge in [0.25, 0.3) is 0 Å². The van der Waals surface area contributed by atoms with Crippen LogP contribution in [0, 0.1) is 0 Å². The first-order valence-electron chi connectivity index (χ1n) is 11.5. The first-order valence-corrected chi connectivity index (χ1v) is 13.4. The highest BCUT2D eigenvalue weighted by molar-refractivity contribution is 7.90. The molecule has 0 fully saturated rings. The SMILES string of the molecule is CCCCN(CCCC)c1cc(C(=O)O)cc(S(C)(=O)=O)c1OC1(C)C=C(OC)C=C(OC)C1. The number of nitrogens with zero attached hydrogens (tertiary/aromatic N) is 1. The molecule has 0 radical (unpaired) electrons. The zero-order valence-corrected chi connectivity index (χ0v) is 21.8. The van der Waals surface area contributed by atoms with Crippen molar-refractivity contribution in [1.82, 2.24) is 0 Å². The van der Waals surface area contributed by atoms with E-state index >= 15 is 0 Å². The second kappa shape index (κ2) is 11.6. The van der Waals surface area contributed by atoms with E-state index < -0.39 is 21.4 Å². The molecule has 1 unspecified atom stereocenters. The summed E-state index contributed by atoms with van der Waals surface area (Å²) in [5.41, 5.74) is -0.615. The largest absolute Gasteiger partial charge is 0.501 e. The minimum atomic E-state index is -3.82. The minimum absolute atomic E-state index is 0.0971. The molecule has 0 bridgehead atoms. The third-order valence-corrected chi connectivity index (χ3v) is 6.80. The summed E-state index contributed by atoms with van der Waals surface area (Å²) in [6.07, 6.45) is 8.57. The van der Waals surface area contributed by atoms with Crippen molar-refractivity contribution in [3.63, 3.8) is 0 Å². The first-order chi connectivity index (χ1) is 16.0. The van der Waals surface area contributed by atoms with Crippen LogP contribution in [0.4, 0.5) is 5.69 Å². The molecule has 0 aromatic heterocycles. The van der Waals surface area contributed by atoms with Crippen molar-refractivity contribution >= 4 is 21.5 Å². The highest BCUT2D eigenvalue weighted by Crippen LogP contribution is 2.42. The van der Waals surface area contributed by atoms with E-state index in [1.807, 2.05) is 11.8 Å². The summed E-state index contributed by atoms with van der Waals surface area (Å²) >= 11 is 0. The number of methoxy groups -OCH3 is 2. The molecule has 190 valence electrons. The van der Waals surface area contributed by atoms with Gasteiger partial charge in [0.1, 0.15) is 22.0 Å². The second-order valence-electron chi connectivity index (χ2n) is 8.75. The summed E-state index contributed by atoms with van der Waals surface area (Å²) in [5.74, 6) is 0.106. The van der Waals surface area contributed by atoms with E-state index in [-0.39, 0.29) is 16.2 Å². The highest BCUT2D eigenvalue weighted by atomic mass is 32.2. The molecule has 1 N–H and O–H groups in total. The molecule has 1 atom stereocenters. The van der Waals surface area contributed by atoms with E-state index in [2.05, 4.69) is 13.8 Å². The van der Waals surface area contributed by atoms with Crippen molar-refractivity contribution in [2.24, 2.45) is 0 Å². The fourth-order valence-corrected chi connectivity index (χ4v) is 4.70. The average Bonchev–Trinajstić information content (AvgIpc) is 2.77. The Kier molecular flexibility index (Phi) is 9.44.